The smallest absolute Gasteiger partial charge is 0.0620 e. The molecule has 0 aliphatic carbocycles. The van der Waals surface area contributed by atoms with Crippen LogP contribution >= 0.6 is 11.8 Å². The highest BCUT2D eigenvalue weighted by Crippen LogP contribution is 2.21. The number of benzene rings is 1. The fourth-order valence-electron chi connectivity index (χ4n) is 2.06. The zero-order valence-corrected chi connectivity index (χ0v) is 11.0. The Hall–Kier alpha value is -0.550. The van der Waals surface area contributed by atoms with Crippen LogP contribution in [0.3, 0.4) is 0 Å². The Kier molecular flexibility index (Phi) is 4.86. The van der Waals surface area contributed by atoms with Crippen LogP contribution in [0.5, 0.6) is 0 Å². The highest BCUT2D eigenvalue weighted by molar-refractivity contribution is 7.98. The van der Waals surface area contributed by atoms with Crippen LogP contribution in [0.15, 0.2) is 29.2 Å². The normalized spacial score (nSPS) is 22.4. The molecular weight excluding hydrogens is 232 g/mol. The van der Waals surface area contributed by atoms with Gasteiger partial charge in [0.2, 0.25) is 0 Å². The highest BCUT2D eigenvalue weighted by Gasteiger charge is 2.17. The minimum absolute atomic E-state index is 0.0881. The number of rotatable bonds is 4. The van der Waals surface area contributed by atoms with Crippen molar-refractivity contribution in [3.05, 3.63) is 29.8 Å². The molecule has 1 saturated heterocycles. The first-order valence-corrected chi connectivity index (χ1v) is 7.22. The number of thioether (sulfide) groups is 1. The summed E-state index contributed by atoms with van der Waals surface area (Å²) in [6.07, 6.45) is 3.01. The van der Waals surface area contributed by atoms with Crippen molar-refractivity contribution in [1.29, 1.82) is 0 Å². The van der Waals surface area contributed by atoms with Crippen LogP contribution in [0, 0.1) is 0 Å². The van der Waals surface area contributed by atoms with Crippen molar-refractivity contribution in [3.8, 4) is 0 Å². The second-order valence-electron chi connectivity index (χ2n) is 4.34. The highest BCUT2D eigenvalue weighted by atomic mass is 32.2. The van der Waals surface area contributed by atoms with Gasteiger partial charge in [-0.3, -0.25) is 0 Å². The lowest BCUT2D eigenvalue weighted by Gasteiger charge is -2.26. The third kappa shape index (κ3) is 3.71. The predicted octanol–water partition coefficient (Wildman–Crippen LogP) is 1.79. The van der Waals surface area contributed by atoms with E-state index >= 15 is 0 Å². The maximum Gasteiger partial charge on any atom is 0.0620 e. The number of nitrogens with one attached hydrogen (secondary N) is 1. The Morgan fingerprint density at radius 3 is 2.82 bits per heavy atom. The molecular formula is C13H20N2OS. The van der Waals surface area contributed by atoms with E-state index in [0.29, 0.717) is 6.04 Å². The van der Waals surface area contributed by atoms with Crippen LogP contribution in [-0.4, -0.2) is 32.1 Å². The molecule has 2 unspecified atom stereocenters. The van der Waals surface area contributed by atoms with Gasteiger partial charge in [-0.2, -0.15) is 0 Å². The van der Waals surface area contributed by atoms with Crippen LogP contribution in [0.1, 0.15) is 18.0 Å². The quantitative estimate of drug-likeness (QED) is 0.802. The van der Waals surface area contributed by atoms with Crippen molar-refractivity contribution in [2.45, 2.75) is 23.4 Å². The minimum atomic E-state index is 0.0881. The number of nitrogens with two attached hydrogens (primary N) is 1. The summed E-state index contributed by atoms with van der Waals surface area (Å²) in [4.78, 5) is 1.28. The van der Waals surface area contributed by atoms with Crippen molar-refractivity contribution in [3.63, 3.8) is 0 Å². The SMILES string of the molecule is CSc1ccc(C(N)CC2COCCN2)cc1. The second kappa shape index (κ2) is 6.40. The molecule has 17 heavy (non-hydrogen) atoms. The maximum absolute atomic E-state index is 6.22. The maximum atomic E-state index is 6.22. The molecule has 0 aromatic heterocycles. The molecule has 0 amide bonds. The lowest BCUT2D eigenvalue weighted by molar-refractivity contribution is 0.0720. The molecule has 0 spiro atoms. The molecule has 94 valence electrons. The van der Waals surface area contributed by atoms with Gasteiger partial charge in [-0.05, 0) is 30.4 Å². The number of morpholine rings is 1. The average molecular weight is 252 g/mol. The van der Waals surface area contributed by atoms with Gasteiger partial charge >= 0.3 is 0 Å². The molecule has 1 heterocycles. The number of ether oxygens (including phenoxy) is 1. The fourth-order valence-corrected chi connectivity index (χ4v) is 2.47. The van der Waals surface area contributed by atoms with E-state index in [-0.39, 0.29) is 6.04 Å². The zero-order chi connectivity index (χ0) is 12.1. The Morgan fingerprint density at radius 2 is 2.24 bits per heavy atom. The van der Waals surface area contributed by atoms with Gasteiger partial charge in [0.25, 0.3) is 0 Å². The van der Waals surface area contributed by atoms with Gasteiger partial charge < -0.3 is 15.8 Å². The summed E-state index contributed by atoms with van der Waals surface area (Å²) in [6.45, 7) is 2.52. The summed E-state index contributed by atoms with van der Waals surface area (Å²) in [7, 11) is 0. The Bertz CT molecular complexity index is 336. The van der Waals surface area contributed by atoms with Crippen molar-refractivity contribution >= 4 is 11.8 Å². The third-order valence-corrected chi connectivity index (χ3v) is 3.82. The first-order chi connectivity index (χ1) is 8.29. The lowest BCUT2D eigenvalue weighted by atomic mass is 10.00. The van der Waals surface area contributed by atoms with Gasteiger partial charge in [0.1, 0.15) is 0 Å². The molecule has 4 heteroatoms. The summed E-state index contributed by atoms with van der Waals surface area (Å²) in [5, 5.41) is 3.43. The summed E-state index contributed by atoms with van der Waals surface area (Å²) >= 11 is 1.75. The first kappa shape index (κ1) is 12.9. The molecule has 3 nitrogen and oxygen atoms in total. The lowest BCUT2D eigenvalue weighted by Crippen LogP contribution is -2.42. The number of hydrogen-bond acceptors (Lipinski definition) is 4. The predicted molar refractivity (Wildman–Crippen MR) is 72.4 cm³/mol. The molecule has 2 atom stereocenters. The van der Waals surface area contributed by atoms with E-state index in [9.17, 15) is 0 Å². The van der Waals surface area contributed by atoms with Crippen molar-refractivity contribution in [1.82, 2.24) is 5.32 Å². The van der Waals surface area contributed by atoms with Gasteiger partial charge in [0.15, 0.2) is 0 Å². The van der Waals surface area contributed by atoms with Crippen LogP contribution < -0.4 is 11.1 Å². The zero-order valence-electron chi connectivity index (χ0n) is 10.2. The van der Waals surface area contributed by atoms with Gasteiger partial charge in [-0.25, -0.2) is 0 Å². The Morgan fingerprint density at radius 1 is 1.47 bits per heavy atom. The topological polar surface area (TPSA) is 47.3 Å². The fraction of sp³-hybridized carbons (Fsp3) is 0.538. The van der Waals surface area contributed by atoms with Crippen molar-refractivity contribution in [2.75, 3.05) is 26.0 Å². The summed E-state index contributed by atoms with van der Waals surface area (Å²) in [5.41, 5.74) is 7.42. The molecule has 1 aromatic rings. The summed E-state index contributed by atoms with van der Waals surface area (Å²) in [5.74, 6) is 0. The largest absolute Gasteiger partial charge is 0.379 e. The third-order valence-electron chi connectivity index (χ3n) is 3.08. The molecule has 1 fully saturated rings. The van der Waals surface area contributed by atoms with Gasteiger partial charge in [0.05, 0.1) is 13.2 Å². The number of hydrogen-bond donors (Lipinski definition) is 2. The van der Waals surface area contributed by atoms with E-state index in [1.807, 2.05) is 0 Å². The van der Waals surface area contributed by atoms with Gasteiger partial charge in [0, 0.05) is 23.5 Å². The molecule has 0 radical (unpaired) electrons. The molecule has 1 aromatic carbocycles. The molecule has 0 saturated carbocycles. The summed E-state index contributed by atoms with van der Waals surface area (Å²) in [6, 6.07) is 8.99. The van der Waals surface area contributed by atoms with E-state index in [1.165, 1.54) is 10.5 Å². The van der Waals surface area contributed by atoms with Crippen LogP contribution in [0.25, 0.3) is 0 Å². The van der Waals surface area contributed by atoms with E-state index in [4.69, 9.17) is 10.5 Å². The molecule has 3 N–H and O–H groups in total. The molecule has 0 bridgehead atoms. The molecule has 2 rings (SSSR count). The molecule has 1 aliphatic heterocycles. The van der Waals surface area contributed by atoms with E-state index in [2.05, 4.69) is 35.8 Å². The van der Waals surface area contributed by atoms with Crippen molar-refractivity contribution < 1.29 is 4.74 Å². The molecule has 1 aliphatic rings. The minimum Gasteiger partial charge on any atom is -0.379 e. The van der Waals surface area contributed by atoms with Crippen LogP contribution in [0.2, 0.25) is 0 Å². The standard InChI is InChI=1S/C13H20N2OS/c1-17-12-4-2-10(3-5-12)13(14)8-11-9-16-7-6-15-11/h2-5,11,13,15H,6-9,14H2,1H3. The van der Waals surface area contributed by atoms with Crippen molar-refractivity contribution in [2.24, 2.45) is 5.73 Å². The average Bonchev–Trinajstić information content (AvgIpc) is 2.40. The van der Waals surface area contributed by atoms with E-state index in [0.717, 1.165) is 26.2 Å². The van der Waals surface area contributed by atoms with E-state index < -0.39 is 0 Å². The van der Waals surface area contributed by atoms with E-state index in [1.54, 1.807) is 11.8 Å². The first-order valence-electron chi connectivity index (χ1n) is 6.00. The Balaban J connectivity index is 1.91. The monoisotopic (exact) mass is 252 g/mol. The Labute approximate surface area is 107 Å². The van der Waals surface area contributed by atoms with Gasteiger partial charge in [-0.1, -0.05) is 12.1 Å². The van der Waals surface area contributed by atoms with Crippen LogP contribution in [-0.2, 0) is 4.74 Å². The van der Waals surface area contributed by atoms with Crippen LogP contribution in [0.4, 0.5) is 0 Å². The second-order valence-corrected chi connectivity index (χ2v) is 5.22. The van der Waals surface area contributed by atoms with Gasteiger partial charge in [-0.15, -0.1) is 11.8 Å². The summed E-state index contributed by atoms with van der Waals surface area (Å²) < 4.78 is 5.43.